The number of hydrogen-bond acceptors (Lipinski definition) is 2. The Morgan fingerprint density at radius 1 is 1.18 bits per heavy atom. The molecule has 0 N–H and O–H groups in total. The first-order valence-electron chi connectivity index (χ1n) is 6.31. The number of fused-ring (bicyclic) bond motifs is 1. The van der Waals surface area contributed by atoms with Crippen molar-refractivity contribution in [2.45, 2.75) is 32.6 Å². The number of esters is 1. The van der Waals surface area contributed by atoms with E-state index in [4.69, 9.17) is 4.74 Å². The number of hydrogen-bond donors (Lipinski definition) is 0. The highest BCUT2D eigenvalue weighted by atomic mass is 16.5. The average Bonchev–Trinajstić information content (AvgIpc) is 2.30. The van der Waals surface area contributed by atoms with Gasteiger partial charge in [0.25, 0.3) is 0 Å². The summed E-state index contributed by atoms with van der Waals surface area (Å²) in [5, 5.41) is 2.15. The molecule has 0 amide bonds. The summed E-state index contributed by atoms with van der Waals surface area (Å²) in [5.74, 6) is -0.192. The van der Waals surface area contributed by atoms with Gasteiger partial charge in [-0.1, -0.05) is 50.5 Å². The van der Waals surface area contributed by atoms with Crippen molar-refractivity contribution in [1.29, 1.82) is 0 Å². The molecule has 1 aromatic rings. The normalized spacial score (nSPS) is 11.8. The van der Waals surface area contributed by atoms with Gasteiger partial charge in [0.2, 0.25) is 0 Å². The molecular formula is C15H18O2. The predicted octanol–water partition coefficient (Wildman–Crippen LogP) is 2.00. The van der Waals surface area contributed by atoms with Gasteiger partial charge in [-0.25, -0.2) is 4.79 Å². The first kappa shape index (κ1) is 11.9. The number of unbranched alkanes of at least 4 members (excludes halogenated alkanes) is 3. The third kappa shape index (κ3) is 2.76. The third-order valence-corrected chi connectivity index (χ3v) is 3.02. The number of carbonyl (C=O) groups excluding carboxylic acids is 1. The van der Waals surface area contributed by atoms with Gasteiger partial charge in [0, 0.05) is 0 Å². The summed E-state index contributed by atoms with van der Waals surface area (Å²) in [4.78, 5) is 11.8. The maximum atomic E-state index is 11.8. The quantitative estimate of drug-likeness (QED) is 0.552. The first-order valence-corrected chi connectivity index (χ1v) is 6.31. The molecule has 0 saturated carbocycles. The lowest BCUT2D eigenvalue weighted by atomic mass is 10.0. The van der Waals surface area contributed by atoms with E-state index < -0.39 is 0 Å². The van der Waals surface area contributed by atoms with Gasteiger partial charge < -0.3 is 4.74 Å². The van der Waals surface area contributed by atoms with Gasteiger partial charge in [-0.05, 0) is 22.9 Å². The van der Waals surface area contributed by atoms with Crippen LogP contribution >= 0.6 is 0 Å². The smallest absolute Gasteiger partial charge is 0.338 e. The van der Waals surface area contributed by atoms with Gasteiger partial charge in [0.1, 0.15) is 0 Å². The number of benzene rings is 1. The SMILES string of the molecule is CCCCCCOC(=O)c1cccc2c1=CC=2. The van der Waals surface area contributed by atoms with Gasteiger partial charge in [0.05, 0.1) is 12.2 Å². The molecule has 90 valence electrons. The van der Waals surface area contributed by atoms with Crippen molar-refractivity contribution in [3.63, 3.8) is 0 Å². The second-order valence-electron chi connectivity index (χ2n) is 4.34. The van der Waals surface area contributed by atoms with Crippen molar-refractivity contribution in [1.82, 2.24) is 0 Å². The van der Waals surface area contributed by atoms with Crippen molar-refractivity contribution in [2.75, 3.05) is 6.61 Å². The van der Waals surface area contributed by atoms with E-state index in [1.165, 1.54) is 12.8 Å². The Morgan fingerprint density at radius 3 is 2.76 bits per heavy atom. The molecule has 0 aromatic heterocycles. The van der Waals surface area contributed by atoms with Crippen LogP contribution in [0.4, 0.5) is 0 Å². The fourth-order valence-corrected chi connectivity index (χ4v) is 1.94. The zero-order chi connectivity index (χ0) is 12.1. The van der Waals surface area contributed by atoms with Crippen molar-refractivity contribution < 1.29 is 9.53 Å². The standard InChI is InChI=1S/C15H18O2/c1-2-3-4-5-11-17-15(16)14-8-6-7-12-9-10-13(12)14/h6-10H,2-5,11H2,1H3. The highest BCUT2D eigenvalue weighted by Crippen LogP contribution is 2.01. The summed E-state index contributed by atoms with van der Waals surface area (Å²) < 4.78 is 5.27. The Kier molecular flexibility index (Phi) is 3.97. The lowest BCUT2D eigenvalue weighted by Crippen LogP contribution is -2.35. The molecule has 0 unspecified atom stereocenters. The van der Waals surface area contributed by atoms with Crippen molar-refractivity contribution >= 4 is 18.1 Å². The van der Waals surface area contributed by atoms with Gasteiger partial charge in [-0.15, -0.1) is 0 Å². The first-order chi connectivity index (χ1) is 8.33. The summed E-state index contributed by atoms with van der Waals surface area (Å²) in [6.07, 6.45) is 8.48. The van der Waals surface area contributed by atoms with E-state index in [0.29, 0.717) is 12.2 Å². The van der Waals surface area contributed by atoms with E-state index in [9.17, 15) is 4.79 Å². The molecule has 1 aliphatic rings. The molecule has 1 aromatic carbocycles. The van der Waals surface area contributed by atoms with Crippen molar-refractivity contribution in [2.24, 2.45) is 0 Å². The Labute approximate surface area is 102 Å². The van der Waals surface area contributed by atoms with Crippen LogP contribution in [0.3, 0.4) is 0 Å². The van der Waals surface area contributed by atoms with E-state index in [0.717, 1.165) is 23.3 Å². The number of carbonyl (C=O) groups is 1. The molecule has 0 atom stereocenters. The Hall–Kier alpha value is -1.57. The zero-order valence-electron chi connectivity index (χ0n) is 10.2. The molecule has 0 radical (unpaired) electrons. The summed E-state index contributed by atoms with van der Waals surface area (Å²) in [6.45, 7) is 2.70. The van der Waals surface area contributed by atoms with Crippen LogP contribution in [0.15, 0.2) is 18.2 Å². The topological polar surface area (TPSA) is 26.3 Å². The molecule has 0 spiro atoms. The van der Waals surface area contributed by atoms with Gasteiger partial charge in [-0.2, -0.15) is 0 Å². The molecule has 2 rings (SSSR count). The molecule has 2 nitrogen and oxygen atoms in total. The summed E-state index contributed by atoms with van der Waals surface area (Å²) in [7, 11) is 0. The minimum absolute atomic E-state index is 0.192. The van der Waals surface area contributed by atoms with E-state index >= 15 is 0 Å². The summed E-state index contributed by atoms with van der Waals surface area (Å²) in [6, 6.07) is 5.74. The molecule has 2 heteroatoms. The molecule has 0 aliphatic heterocycles. The van der Waals surface area contributed by atoms with Crippen LogP contribution in [0.5, 0.6) is 0 Å². The number of rotatable bonds is 6. The van der Waals surface area contributed by atoms with Crippen LogP contribution in [-0.4, -0.2) is 12.6 Å². The maximum Gasteiger partial charge on any atom is 0.338 e. The Balaban J connectivity index is 1.87. The van der Waals surface area contributed by atoms with E-state index in [1.54, 1.807) is 0 Å². The molecule has 0 fully saturated rings. The largest absolute Gasteiger partial charge is 0.462 e. The van der Waals surface area contributed by atoms with Crippen LogP contribution in [0, 0.1) is 0 Å². The van der Waals surface area contributed by atoms with E-state index in [-0.39, 0.29) is 5.97 Å². The Bertz CT molecular complexity index is 514. The highest BCUT2D eigenvalue weighted by Gasteiger charge is 2.10. The summed E-state index contributed by atoms with van der Waals surface area (Å²) in [5.41, 5.74) is 0.695. The zero-order valence-corrected chi connectivity index (χ0v) is 10.2. The monoisotopic (exact) mass is 230 g/mol. The van der Waals surface area contributed by atoms with Crippen LogP contribution < -0.4 is 10.4 Å². The highest BCUT2D eigenvalue weighted by molar-refractivity contribution is 5.92. The van der Waals surface area contributed by atoms with Crippen LogP contribution in [-0.2, 0) is 4.74 Å². The minimum Gasteiger partial charge on any atom is -0.462 e. The molecule has 1 aliphatic carbocycles. The molecule has 0 saturated heterocycles. The lowest BCUT2D eigenvalue weighted by molar-refractivity contribution is 0.0496. The third-order valence-electron chi connectivity index (χ3n) is 3.02. The van der Waals surface area contributed by atoms with Crippen LogP contribution in [0.2, 0.25) is 0 Å². The molecule has 0 heterocycles. The fraction of sp³-hybridized carbons (Fsp3) is 0.400. The molecule has 17 heavy (non-hydrogen) atoms. The van der Waals surface area contributed by atoms with Crippen molar-refractivity contribution in [3.05, 3.63) is 34.2 Å². The molecular weight excluding hydrogens is 212 g/mol. The fourth-order valence-electron chi connectivity index (χ4n) is 1.94. The number of ether oxygens (including phenoxy) is 1. The predicted molar refractivity (Wildman–Crippen MR) is 69.0 cm³/mol. The lowest BCUT2D eigenvalue weighted by Gasteiger charge is -2.07. The van der Waals surface area contributed by atoms with E-state index in [2.05, 4.69) is 6.92 Å². The average molecular weight is 230 g/mol. The van der Waals surface area contributed by atoms with Crippen LogP contribution in [0.25, 0.3) is 12.2 Å². The second kappa shape index (κ2) is 5.67. The van der Waals surface area contributed by atoms with E-state index in [1.807, 2.05) is 30.4 Å². The Morgan fingerprint density at radius 2 is 2.06 bits per heavy atom. The maximum absolute atomic E-state index is 11.8. The summed E-state index contributed by atoms with van der Waals surface area (Å²) >= 11 is 0. The van der Waals surface area contributed by atoms with Crippen molar-refractivity contribution in [3.8, 4) is 0 Å². The van der Waals surface area contributed by atoms with Gasteiger partial charge in [0.15, 0.2) is 0 Å². The van der Waals surface area contributed by atoms with Gasteiger partial charge >= 0.3 is 5.97 Å². The van der Waals surface area contributed by atoms with Gasteiger partial charge in [-0.3, -0.25) is 0 Å². The minimum atomic E-state index is -0.192. The van der Waals surface area contributed by atoms with Crippen LogP contribution in [0.1, 0.15) is 43.0 Å². The molecule has 0 bridgehead atoms. The second-order valence-corrected chi connectivity index (χ2v) is 4.34.